The van der Waals surface area contributed by atoms with E-state index in [0.29, 0.717) is 12.0 Å². The third-order valence-corrected chi connectivity index (χ3v) is 1.21. The molecule has 3 heteroatoms. The van der Waals surface area contributed by atoms with Crippen molar-refractivity contribution >= 4 is 5.97 Å². The van der Waals surface area contributed by atoms with E-state index in [2.05, 4.69) is 4.74 Å². The lowest BCUT2D eigenvalue weighted by atomic mass is 10.2. The van der Waals surface area contributed by atoms with Gasteiger partial charge in [-0.05, 0) is 12.5 Å². The fourth-order valence-electron chi connectivity index (χ4n) is 0.722. The molecule has 0 radical (unpaired) electrons. The summed E-state index contributed by atoms with van der Waals surface area (Å²) < 4.78 is 4.39. The van der Waals surface area contributed by atoms with Gasteiger partial charge < -0.3 is 9.84 Å². The van der Waals surface area contributed by atoms with Crippen molar-refractivity contribution in [1.29, 1.82) is 0 Å². The van der Waals surface area contributed by atoms with Crippen LogP contribution in [0.2, 0.25) is 0 Å². The van der Waals surface area contributed by atoms with Gasteiger partial charge in [0.25, 0.3) is 0 Å². The SMILES string of the molecule is CCC1=C[C@H](O)OC1=O. The number of aliphatic hydroxyl groups is 1. The van der Waals surface area contributed by atoms with Gasteiger partial charge in [-0.2, -0.15) is 0 Å². The molecule has 1 aliphatic heterocycles. The number of esters is 1. The van der Waals surface area contributed by atoms with E-state index < -0.39 is 12.3 Å². The highest BCUT2D eigenvalue weighted by Gasteiger charge is 2.21. The maximum Gasteiger partial charge on any atom is 0.336 e. The third-order valence-electron chi connectivity index (χ3n) is 1.21. The van der Waals surface area contributed by atoms with E-state index >= 15 is 0 Å². The van der Waals surface area contributed by atoms with Crippen LogP contribution in [0, 0.1) is 0 Å². The second kappa shape index (κ2) is 2.19. The molecule has 1 N–H and O–H groups in total. The van der Waals surface area contributed by atoms with Crippen molar-refractivity contribution in [2.24, 2.45) is 0 Å². The fourth-order valence-corrected chi connectivity index (χ4v) is 0.722. The summed E-state index contributed by atoms with van der Waals surface area (Å²) in [4.78, 5) is 10.6. The van der Waals surface area contributed by atoms with Crippen molar-refractivity contribution in [2.45, 2.75) is 19.6 Å². The first-order valence-corrected chi connectivity index (χ1v) is 2.83. The minimum absolute atomic E-state index is 0.398. The lowest BCUT2D eigenvalue weighted by Crippen LogP contribution is -2.05. The van der Waals surface area contributed by atoms with Crippen LogP contribution in [0.5, 0.6) is 0 Å². The summed E-state index contributed by atoms with van der Waals surface area (Å²) in [5.74, 6) is -0.398. The number of rotatable bonds is 1. The van der Waals surface area contributed by atoms with Crippen LogP contribution < -0.4 is 0 Å². The van der Waals surface area contributed by atoms with Crippen LogP contribution >= 0.6 is 0 Å². The lowest BCUT2D eigenvalue weighted by molar-refractivity contribution is -0.151. The molecule has 0 aromatic carbocycles. The maximum absolute atomic E-state index is 10.6. The highest BCUT2D eigenvalue weighted by molar-refractivity contribution is 5.90. The van der Waals surface area contributed by atoms with Crippen molar-refractivity contribution in [3.05, 3.63) is 11.6 Å². The van der Waals surface area contributed by atoms with E-state index in [0.717, 1.165) is 0 Å². The molecule has 0 saturated carbocycles. The Morgan fingerprint density at radius 2 is 2.56 bits per heavy atom. The first-order chi connectivity index (χ1) is 4.24. The van der Waals surface area contributed by atoms with Crippen molar-refractivity contribution in [3.63, 3.8) is 0 Å². The van der Waals surface area contributed by atoms with E-state index in [1.807, 2.05) is 6.92 Å². The highest BCUT2D eigenvalue weighted by atomic mass is 16.6. The predicted molar refractivity (Wildman–Crippen MR) is 30.5 cm³/mol. The summed E-state index contributed by atoms with van der Waals surface area (Å²) in [5, 5.41) is 8.68. The molecule has 0 aromatic heterocycles. The second-order valence-corrected chi connectivity index (χ2v) is 1.84. The van der Waals surface area contributed by atoms with Gasteiger partial charge >= 0.3 is 5.97 Å². The van der Waals surface area contributed by atoms with E-state index in [1.165, 1.54) is 6.08 Å². The molecule has 50 valence electrons. The first kappa shape index (κ1) is 6.29. The Kier molecular flexibility index (Phi) is 1.53. The standard InChI is InChI=1S/C6H8O3/c1-2-4-3-5(7)9-6(4)8/h3,5,7H,2H2,1H3/t5-/m1/s1. The van der Waals surface area contributed by atoms with Gasteiger partial charge in [0.15, 0.2) is 0 Å². The van der Waals surface area contributed by atoms with E-state index in [-0.39, 0.29) is 0 Å². The number of carbonyl (C=O) groups is 1. The molecule has 0 aromatic rings. The van der Waals surface area contributed by atoms with Gasteiger partial charge in [0, 0.05) is 5.57 Å². The van der Waals surface area contributed by atoms with Crippen LogP contribution in [-0.2, 0) is 9.53 Å². The zero-order chi connectivity index (χ0) is 6.85. The molecule has 1 heterocycles. The average molecular weight is 128 g/mol. The molecule has 1 atom stereocenters. The van der Waals surface area contributed by atoms with Crippen molar-refractivity contribution in [3.8, 4) is 0 Å². The number of carbonyl (C=O) groups excluding carboxylic acids is 1. The second-order valence-electron chi connectivity index (χ2n) is 1.84. The molecule has 0 spiro atoms. The summed E-state index contributed by atoms with van der Waals surface area (Å²) in [7, 11) is 0. The van der Waals surface area contributed by atoms with Crippen molar-refractivity contribution in [2.75, 3.05) is 0 Å². The highest BCUT2D eigenvalue weighted by Crippen LogP contribution is 2.13. The maximum atomic E-state index is 10.6. The molecule has 9 heavy (non-hydrogen) atoms. The van der Waals surface area contributed by atoms with E-state index in [4.69, 9.17) is 5.11 Å². The molecule has 0 bridgehead atoms. The molecular weight excluding hydrogens is 120 g/mol. The Labute approximate surface area is 52.9 Å². The van der Waals surface area contributed by atoms with E-state index in [1.54, 1.807) is 0 Å². The average Bonchev–Trinajstić information content (AvgIpc) is 2.10. The predicted octanol–water partition coefficient (Wildman–Crippen LogP) is 0.198. The van der Waals surface area contributed by atoms with Crippen molar-refractivity contribution in [1.82, 2.24) is 0 Å². The topological polar surface area (TPSA) is 46.5 Å². The number of aliphatic hydroxyl groups excluding tert-OH is 1. The molecule has 0 fully saturated rings. The van der Waals surface area contributed by atoms with Gasteiger partial charge in [-0.3, -0.25) is 0 Å². The van der Waals surface area contributed by atoms with Gasteiger partial charge in [0.2, 0.25) is 6.29 Å². The fraction of sp³-hybridized carbons (Fsp3) is 0.500. The quantitative estimate of drug-likeness (QED) is 0.513. The summed E-state index contributed by atoms with van der Waals surface area (Å²) in [6, 6.07) is 0. The first-order valence-electron chi connectivity index (χ1n) is 2.83. The van der Waals surface area contributed by atoms with Crippen LogP contribution in [0.1, 0.15) is 13.3 Å². The Morgan fingerprint density at radius 3 is 2.78 bits per heavy atom. The number of hydrogen-bond acceptors (Lipinski definition) is 3. The number of cyclic esters (lactones) is 1. The molecule has 0 unspecified atom stereocenters. The number of ether oxygens (including phenoxy) is 1. The molecule has 0 aliphatic carbocycles. The van der Waals surface area contributed by atoms with Crippen LogP contribution in [0.3, 0.4) is 0 Å². The Balaban J connectivity index is 2.68. The molecule has 1 aliphatic rings. The molecule has 1 rings (SSSR count). The van der Waals surface area contributed by atoms with Gasteiger partial charge in [0.05, 0.1) is 0 Å². The Hall–Kier alpha value is -0.830. The summed E-state index contributed by atoms with van der Waals surface area (Å²) in [6.07, 6.45) is 1.03. The van der Waals surface area contributed by atoms with Gasteiger partial charge in [-0.25, -0.2) is 4.79 Å². The smallest absolute Gasteiger partial charge is 0.336 e. The molecule has 0 amide bonds. The number of hydrogen-bond donors (Lipinski definition) is 1. The van der Waals surface area contributed by atoms with Crippen LogP contribution in [0.25, 0.3) is 0 Å². The van der Waals surface area contributed by atoms with Crippen LogP contribution in [0.4, 0.5) is 0 Å². The Bertz CT molecular complexity index is 160. The molecular formula is C6H8O3. The monoisotopic (exact) mass is 128 g/mol. The van der Waals surface area contributed by atoms with Gasteiger partial charge in [0.1, 0.15) is 0 Å². The van der Waals surface area contributed by atoms with Crippen LogP contribution in [-0.4, -0.2) is 17.4 Å². The third kappa shape index (κ3) is 1.10. The zero-order valence-electron chi connectivity index (χ0n) is 5.13. The molecule has 0 saturated heterocycles. The largest absolute Gasteiger partial charge is 0.429 e. The summed E-state index contributed by atoms with van der Waals surface area (Å²) in [5.41, 5.74) is 0.558. The minimum atomic E-state index is -1.01. The van der Waals surface area contributed by atoms with Crippen LogP contribution in [0.15, 0.2) is 11.6 Å². The molecule has 3 nitrogen and oxygen atoms in total. The summed E-state index contributed by atoms with van der Waals surface area (Å²) in [6.45, 7) is 1.84. The minimum Gasteiger partial charge on any atom is -0.429 e. The van der Waals surface area contributed by atoms with Gasteiger partial charge in [-0.15, -0.1) is 0 Å². The van der Waals surface area contributed by atoms with E-state index in [9.17, 15) is 4.79 Å². The normalized spacial score (nSPS) is 25.8. The summed E-state index contributed by atoms with van der Waals surface area (Å²) >= 11 is 0. The van der Waals surface area contributed by atoms with Gasteiger partial charge in [-0.1, -0.05) is 6.92 Å². The van der Waals surface area contributed by atoms with Crippen molar-refractivity contribution < 1.29 is 14.6 Å². The zero-order valence-corrected chi connectivity index (χ0v) is 5.13. The lowest BCUT2D eigenvalue weighted by Gasteiger charge is -1.95. The Morgan fingerprint density at radius 1 is 1.89 bits per heavy atom.